The summed E-state index contributed by atoms with van der Waals surface area (Å²) in [4.78, 5) is 6.67. The van der Waals surface area contributed by atoms with Crippen molar-refractivity contribution in [3.8, 4) is 0 Å². The highest BCUT2D eigenvalue weighted by Crippen LogP contribution is 2.34. The van der Waals surface area contributed by atoms with Crippen LogP contribution < -0.4 is 5.73 Å². The number of nitrogens with two attached hydrogens (primary N) is 1. The zero-order valence-electron chi connectivity index (χ0n) is 12.0. The second-order valence-electron chi connectivity index (χ2n) is 6.15. The van der Waals surface area contributed by atoms with Crippen LogP contribution in [0, 0.1) is 0 Å². The predicted molar refractivity (Wildman–Crippen MR) is 81.5 cm³/mol. The molecule has 2 aliphatic rings. The Kier molecular flexibility index (Phi) is 3.94. The molecule has 2 saturated heterocycles. The van der Waals surface area contributed by atoms with Crippen LogP contribution in [0.5, 0.6) is 0 Å². The van der Waals surface area contributed by atoms with Gasteiger partial charge in [0.05, 0.1) is 6.04 Å². The molecule has 0 aromatic carbocycles. The van der Waals surface area contributed by atoms with E-state index in [9.17, 15) is 0 Å². The maximum absolute atomic E-state index is 6.29. The smallest absolute Gasteiger partial charge is 0.0591 e. The van der Waals surface area contributed by atoms with Crippen LogP contribution in [0.2, 0.25) is 0 Å². The third-order valence-corrected chi connectivity index (χ3v) is 5.85. The normalized spacial score (nSPS) is 32.2. The van der Waals surface area contributed by atoms with Crippen LogP contribution in [0.3, 0.4) is 0 Å². The fourth-order valence-electron chi connectivity index (χ4n) is 3.82. The highest BCUT2D eigenvalue weighted by atomic mass is 32.1. The van der Waals surface area contributed by atoms with Crippen LogP contribution in [0.1, 0.15) is 37.1 Å². The van der Waals surface area contributed by atoms with Crippen LogP contribution >= 0.6 is 11.3 Å². The minimum absolute atomic E-state index is 0.195. The van der Waals surface area contributed by atoms with E-state index in [4.69, 9.17) is 5.73 Å². The number of thiophene rings is 1. The summed E-state index contributed by atoms with van der Waals surface area (Å²) >= 11 is 1.85. The lowest BCUT2D eigenvalue weighted by atomic mass is 10.0. The largest absolute Gasteiger partial charge is 0.326 e. The first-order valence-corrected chi connectivity index (χ1v) is 8.29. The third kappa shape index (κ3) is 2.59. The molecular formula is C15H25N3S. The standard InChI is InChI=1S/C15H25N3S/c1-11(16)15(14-4-3-9-19-14)18-8-7-12-5-6-13(10-18)17(12)2/h3-4,9,11-13,15H,5-8,10,16H2,1-2H3. The fourth-order valence-corrected chi connectivity index (χ4v) is 4.79. The summed E-state index contributed by atoms with van der Waals surface area (Å²) in [6.07, 6.45) is 4.03. The summed E-state index contributed by atoms with van der Waals surface area (Å²) in [5.74, 6) is 0. The van der Waals surface area contributed by atoms with Crippen LogP contribution in [-0.4, -0.2) is 48.1 Å². The Morgan fingerprint density at radius 3 is 2.79 bits per heavy atom. The Morgan fingerprint density at radius 2 is 2.11 bits per heavy atom. The Hall–Kier alpha value is -0.420. The topological polar surface area (TPSA) is 32.5 Å². The van der Waals surface area contributed by atoms with Crippen LogP contribution in [-0.2, 0) is 0 Å². The van der Waals surface area contributed by atoms with Gasteiger partial charge in [0.2, 0.25) is 0 Å². The number of likely N-dealkylation sites (N-methyl/N-ethyl adjacent to an activating group) is 1. The van der Waals surface area contributed by atoms with E-state index in [0.29, 0.717) is 6.04 Å². The Labute approximate surface area is 120 Å². The average molecular weight is 279 g/mol. The van der Waals surface area contributed by atoms with E-state index in [-0.39, 0.29) is 6.04 Å². The minimum atomic E-state index is 0.195. The van der Waals surface area contributed by atoms with Gasteiger partial charge in [-0.25, -0.2) is 0 Å². The van der Waals surface area contributed by atoms with Crippen molar-refractivity contribution in [1.29, 1.82) is 0 Å². The van der Waals surface area contributed by atoms with Crippen molar-refractivity contribution in [3.63, 3.8) is 0 Å². The molecule has 2 aliphatic heterocycles. The molecule has 0 spiro atoms. The molecule has 1 aromatic heterocycles. The molecule has 2 fully saturated rings. The maximum atomic E-state index is 6.29. The molecule has 2 N–H and O–H groups in total. The molecule has 2 bridgehead atoms. The molecule has 0 aliphatic carbocycles. The summed E-state index contributed by atoms with van der Waals surface area (Å²) < 4.78 is 0. The van der Waals surface area contributed by atoms with Gasteiger partial charge in [-0.3, -0.25) is 9.80 Å². The van der Waals surface area contributed by atoms with Gasteiger partial charge in [0.15, 0.2) is 0 Å². The number of hydrogen-bond donors (Lipinski definition) is 1. The van der Waals surface area contributed by atoms with Gasteiger partial charge in [0.1, 0.15) is 0 Å². The fraction of sp³-hybridized carbons (Fsp3) is 0.733. The van der Waals surface area contributed by atoms with E-state index in [0.717, 1.165) is 12.1 Å². The number of nitrogens with zero attached hydrogens (tertiary/aromatic N) is 2. The van der Waals surface area contributed by atoms with Gasteiger partial charge in [0, 0.05) is 36.1 Å². The van der Waals surface area contributed by atoms with E-state index >= 15 is 0 Å². The lowest BCUT2D eigenvalue weighted by Gasteiger charge is -2.35. The highest BCUT2D eigenvalue weighted by Gasteiger charge is 2.37. The number of likely N-dealkylation sites (tertiary alicyclic amines) is 1. The molecule has 4 heteroatoms. The first-order valence-electron chi connectivity index (χ1n) is 7.42. The average Bonchev–Trinajstić information content (AvgIpc) is 2.92. The van der Waals surface area contributed by atoms with Crippen molar-refractivity contribution in [2.24, 2.45) is 5.73 Å². The van der Waals surface area contributed by atoms with Gasteiger partial charge < -0.3 is 5.73 Å². The van der Waals surface area contributed by atoms with E-state index in [1.807, 2.05) is 11.3 Å². The van der Waals surface area contributed by atoms with Crippen LogP contribution in [0.25, 0.3) is 0 Å². The summed E-state index contributed by atoms with van der Waals surface area (Å²) in [6.45, 7) is 4.52. The van der Waals surface area contributed by atoms with Crippen LogP contribution in [0.15, 0.2) is 17.5 Å². The second-order valence-corrected chi connectivity index (χ2v) is 7.13. The minimum Gasteiger partial charge on any atom is -0.326 e. The van der Waals surface area contributed by atoms with Gasteiger partial charge in [-0.15, -0.1) is 11.3 Å². The molecule has 0 saturated carbocycles. The lowest BCUT2D eigenvalue weighted by molar-refractivity contribution is 0.158. The van der Waals surface area contributed by atoms with Crippen molar-refractivity contribution >= 4 is 11.3 Å². The summed E-state index contributed by atoms with van der Waals surface area (Å²) in [7, 11) is 2.30. The van der Waals surface area contributed by atoms with Crippen LogP contribution in [0.4, 0.5) is 0 Å². The predicted octanol–water partition coefficient (Wildman–Crippen LogP) is 2.30. The van der Waals surface area contributed by atoms with Gasteiger partial charge in [-0.1, -0.05) is 6.07 Å². The highest BCUT2D eigenvalue weighted by molar-refractivity contribution is 7.10. The molecule has 3 rings (SSSR count). The SMILES string of the molecule is CC(N)C(c1cccs1)N1CCC2CCC(C1)N2C. The van der Waals surface area contributed by atoms with Crippen molar-refractivity contribution in [2.75, 3.05) is 20.1 Å². The molecule has 19 heavy (non-hydrogen) atoms. The molecule has 1 aromatic rings. The lowest BCUT2D eigenvalue weighted by Crippen LogP contribution is -2.43. The molecule has 4 unspecified atom stereocenters. The van der Waals surface area contributed by atoms with Gasteiger partial charge in [0.25, 0.3) is 0 Å². The number of hydrogen-bond acceptors (Lipinski definition) is 4. The van der Waals surface area contributed by atoms with Crippen molar-refractivity contribution in [1.82, 2.24) is 9.80 Å². The maximum Gasteiger partial charge on any atom is 0.0591 e. The molecule has 3 nitrogen and oxygen atoms in total. The van der Waals surface area contributed by atoms with E-state index in [1.165, 1.54) is 37.2 Å². The first-order chi connectivity index (χ1) is 9.16. The summed E-state index contributed by atoms with van der Waals surface area (Å²) in [5, 5.41) is 2.17. The Morgan fingerprint density at radius 1 is 1.32 bits per heavy atom. The van der Waals surface area contributed by atoms with E-state index in [2.05, 4.69) is 41.3 Å². The number of fused-ring (bicyclic) bond motifs is 2. The molecule has 0 radical (unpaired) electrons. The third-order valence-electron chi connectivity index (χ3n) is 4.91. The van der Waals surface area contributed by atoms with Gasteiger partial charge >= 0.3 is 0 Å². The Bertz CT molecular complexity index is 404. The monoisotopic (exact) mass is 279 g/mol. The summed E-state index contributed by atoms with van der Waals surface area (Å²) in [5.41, 5.74) is 6.29. The van der Waals surface area contributed by atoms with E-state index in [1.54, 1.807) is 0 Å². The zero-order valence-corrected chi connectivity index (χ0v) is 12.8. The summed E-state index contributed by atoms with van der Waals surface area (Å²) in [6, 6.07) is 6.51. The number of rotatable bonds is 3. The first kappa shape index (κ1) is 13.6. The Balaban J connectivity index is 1.80. The van der Waals surface area contributed by atoms with Crippen molar-refractivity contribution in [2.45, 2.75) is 50.4 Å². The van der Waals surface area contributed by atoms with Crippen molar-refractivity contribution in [3.05, 3.63) is 22.4 Å². The van der Waals surface area contributed by atoms with Gasteiger partial charge in [-0.05, 0) is 44.7 Å². The quantitative estimate of drug-likeness (QED) is 0.921. The molecule has 106 valence electrons. The molecule has 4 atom stereocenters. The molecule has 3 heterocycles. The molecular weight excluding hydrogens is 254 g/mol. The van der Waals surface area contributed by atoms with E-state index < -0.39 is 0 Å². The zero-order chi connectivity index (χ0) is 13.4. The second kappa shape index (κ2) is 5.52. The van der Waals surface area contributed by atoms with Gasteiger partial charge in [-0.2, -0.15) is 0 Å². The van der Waals surface area contributed by atoms with Crippen molar-refractivity contribution < 1.29 is 0 Å². The molecule has 0 amide bonds.